The predicted octanol–water partition coefficient (Wildman–Crippen LogP) is 1.62. The van der Waals surface area contributed by atoms with Crippen LogP contribution in [-0.2, 0) is 6.42 Å². The molecule has 0 saturated carbocycles. The molecule has 108 valence electrons. The molecule has 1 atom stereocenters. The summed E-state index contributed by atoms with van der Waals surface area (Å²) < 4.78 is 6.63. The Morgan fingerprint density at radius 2 is 2.05 bits per heavy atom. The average molecular weight is 278 g/mol. The van der Waals surface area contributed by atoms with Gasteiger partial charge in [0.2, 0.25) is 5.88 Å². The first-order valence-electron chi connectivity index (χ1n) is 6.50. The highest BCUT2D eigenvalue weighted by molar-refractivity contribution is 5.29. The van der Waals surface area contributed by atoms with Crippen molar-refractivity contribution >= 4 is 0 Å². The van der Waals surface area contributed by atoms with E-state index in [-0.39, 0.29) is 11.4 Å². The van der Waals surface area contributed by atoms with Crippen molar-refractivity contribution in [2.45, 2.75) is 40.2 Å². The van der Waals surface area contributed by atoms with Gasteiger partial charge in [0.15, 0.2) is 0 Å². The van der Waals surface area contributed by atoms with Gasteiger partial charge in [0.05, 0.1) is 11.6 Å². The zero-order chi connectivity index (χ0) is 15.0. The molecule has 2 aromatic rings. The van der Waals surface area contributed by atoms with Gasteiger partial charge in [-0.2, -0.15) is 0 Å². The van der Waals surface area contributed by atoms with Crippen LogP contribution in [0.25, 0.3) is 0 Å². The first-order valence-corrected chi connectivity index (χ1v) is 6.50. The van der Waals surface area contributed by atoms with E-state index >= 15 is 0 Å². The maximum absolute atomic E-state index is 12.0. The first kappa shape index (κ1) is 14.2. The molecule has 1 unspecified atom stereocenters. The van der Waals surface area contributed by atoms with Crippen molar-refractivity contribution in [2.75, 3.05) is 0 Å². The van der Waals surface area contributed by atoms with Crippen molar-refractivity contribution < 1.29 is 9.52 Å². The van der Waals surface area contributed by atoms with Crippen LogP contribution < -0.4 is 11.2 Å². The van der Waals surface area contributed by atoms with E-state index < -0.39 is 17.3 Å². The number of nitrogens with zero attached hydrogens (tertiary/aromatic N) is 1. The summed E-state index contributed by atoms with van der Waals surface area (Å²) >= 11 is 0. The maximum atomic E-state index is 12.0. The largest absolute Gasteiger partial charge is 0.494 e. The molecule has 0 amide bonds. The number of aryl methyl sites for hydroxylation is 2. The van der Waals surface area contributed by atoms with Crippen molar-refractivity contribution in [3.05, 3.63) is 49.6 Å². The molecular formula is C14H18N2O4. The summed E-state index contributed by atoms with van der Waals surface area (Å²) in [7, 11) is 0. The zero-order valence-electron chi connectivity index (χ0n) is 12.0. The SMILES string of the molecule is CCc1c(O)n(C(C)c2cc(C)oc2C)c(=O)[nH]c1=O. The summed E-state index contributed by atoms with van der Waals surface area (Å²) in [6, 6.07) is 1.39. The molecule has 0 aliphatic heterocycles. The van der Waals surface area contributed by atoms with Gasteiger partial charge in [-0.05, 0) is 33.3 Å². The van der Waals surface area contributed by atoms with Crippen LogP contribution in [0, 0.1) is 13.8 Å². The third kappa shape index (κ3) is 2.17. The van der Waals surface area contributed by atoms with E-state index in [2.05, 4.69) is 4.98 Å². The minimum atomic E-state index is -0.629. The van der Waals surface area contributed by atoms with E-state index in [1.807, 2.05) is 13.0 Å². The summed E-state index contributed by atoms with van der Waals surface area (Å²) in [6.45, 7) is 7.14. The smallest absolute Gasteiger partial charge is 0.331 e. The van der Waals surface area contributed by atoms with Gasteiger partial charge in [-0.25, -0.2) is 4.79 Å². The van der Waals surface area contributed by atoms with Crippen LogP contribution >= 0.6 is 0 Å². The fourth-order valence-electron chi connectivity index (χ4n) is 2.46. The summed E-state index contributed by atoms with van der Waals surface area (Å²) in [5.41, 5.74) is -0.169. The highest BCUT2D eigenvalue weighted by Gasteiger charge is 2.21. The molecule has 0 aromatic carbocycles. The Morgan fingerprint density at radius 1 is 1.40 bits per heavy atom. The van der Waals surface area contributed by atoms with Gasteiger partial charge in [0.1, 0.15) is 11.5 Å². The number of nitrogens with one attached hydrogen (secondary N) is 1. The van der Waals surface area contributed by atoms with E-state index in [0.717, 1.165) is 11.3 Å². The molecule has 0 bridgehead atoms. The molecule has 2 aromatic heterocycles. The summed E-state index contributed by atoms with van der Waals surface area (Å²) in [5.74, 6) is 1.13. The van der Waals surface area contributed by atoms with Gasteiger partial charge in [-0.3, -0.25) is 14.3 Å². The topological polar surface area (TPSA) is 88.2 Å². The monoisotopic (exact) mass is 278 g/mol. The average Bonchev–Trinajstić information content (AvgIpc) is 2.68. The number of aromatic nitrogens is 2. The lowest BCUT2D eigenvalue weighted by Gasteiger charge is -2.17. The number of aromatic hydroxyl groups is 1. The molecule has 0 aliphatic rings. The fraction of sp³-hybridized carbons (Fsp3) is 0.429. The molecule has 2 heterocycles. The lowest BCUT2D eigenvalue weighted by atomic mass is 10.1. The lowest BCUT2D eigenvalue weighted by Crippen LogP contribution is -2.34. The van der Waals surface area contributed by atoms with Crippen LogP contribution in [0.5, 0.6) is 5.88 Å². The molecule has 0 radical (unpaired) electrons. The Labute approximate surface area is 115 Å². The van der Waals surface area contributed by atoms with Crippen LogP contribution in [0.3, 0.4) is 0 Å². The number of rotatable bonds is 3. The van der Waals surface area contributed by atoms with E-state index in [1.165, 1.54) is 4.57 Å². The number of hydrogen-bond acceptors (Lipinski definition) is 4. The normalized spacial score (nSPS) is 12.6. The molecule has 20 heavy (non-hydrogen) atoms. The van der Waals surface area contributed by atoms with Gasteiger partial charge < -0.3 is 9.52 Å². The zero-order valence-corrected chi connectivity index (χ0v) is 12.0. The molecule has 0 saturated heterocycles. The van der Waals surface area contributed by atoms with Crippen LogP contribution in [0.1, 0.15) is 42.5 Å². The van der Waals surface area contributed by atoms with Gasteiger partial charge in [-0.1, -0.05) is 6.92 Å². The van der Waals surface area contributed by atoms with Crippen molar-refractivity contribution in [1.82, 2.24) is 9.55 Å². The molecule has 0 spiro atoms. The second-order valence-electron chi connectivity index (χ2n) is 4.83. The van der Waals surface area contributed by atoms with E-state index in [9.17, 15) is 14.7 Å². The highest BCUT2D eigenvalue weighted by atomic mass is 16.3. The number of aromatic amines is 1. The molecule has 0 fully saturated rings. The standard InChI is InChI=1S/C14H18N2O4/c1-5-10-12(17)15-14(19)16(13(10)18)8(3)11-6-7(2)20-9(11)4/h6,8,18H,5H2,1-4H3,(H,15,17,19). The van der Waals surface area contributed by atoms with Gasteiger partial charge in [0, 0.05) is 5.56 Å². The van der Waals surface area contributed by atoms with Gasteiger partial charge in [-0.15, -0.1) is 0 Å². The molecule has 0 aliphatic carbocycles. The van der Waals surface area contributed by atoms with Crippen LogP contribution in [0.4, 0.5) is 0 Å². The van der Waals surface area contributed by atoms with E-state index in [1.54, 1.807) is 20.8 Å². The predicted molar refractivity (Wildman–Crippen MR) is 74.4 cm³/mol. The second kappa shape index (κ2) is 5.03. The third-order valence-electron chi connectivity index (χ3n) is 3.48. The lowest BCUT2D eigenvalue weighted by molar-refractivity contribution is 0.380. The van der Waals surface area contributed by atoms with Crippen LogP contribution in [0.15, 0.2) is 20.1 Å². The molecule has 6 heteroatoms. The second-order valence-corrected chi connectivity index (χ2v) is 4.83. The molecule has 2 N–H and O–H groups in total. The third-order valence-corrected chi connectivity index (χ3v) is 3.48. The van der Waals surface area contributed by atoms with Crippen LogP contribution in [0.2, 0.25) is 0 Å². The molecule has 2 rings (SSSR count). The van der Waals surface area contributed by atoms with E-state index in [4.69, 9.17) is 4.42 Å². The van der Waals surface area contributed by atoms with Gasteiger partial charge in [0.25, 0.3) is 5.56 Å². The molecular weight excluding hydrogens is 260 g/mol. The van der Waals surface area contributed by atoms with Crippen molar-refractivity contribution in [3.63, 3.8) is 0 Å². The minimum Gasteiger partial charge on any atom is -0.494 e. The Kier molecular flexibility index (Phi) is 3.57. The molecule has 6 nitrogen and oxygen atoms in total. The summed E-state index contributed by atoms with van der Waals surface area (Å²) in [4.78, 5) is 25.8. The Hall–Kier alpha value is -2.24. The maximum Gasteiger partial charge on any atom is 0.331 e. The quantitative estimate of drug-likeness (QED) is 0.893. The van der Waals surface area contributed by atoms with Gasteiger partial charge >= 0.3 is 5.69 Å². The van der Waals surface area contributed by atoms with Crippen molar-refractivity contribution in [3.8, 4) is 5.88 Å². The Balaban J connectivity index is 2.67. The van der Waals surface area contributed by atoms with Crippen LogP contribution in [-0.4, -0.2) is 14.7 Å². The number of furan rings is 1. The highest BCUT2D eigenvalue weighted by Crippen LogP contribution is 2.26. The van der Waals surface area contributed by atoms with Crippen molar-refractivity contribution in [2.24, 2.45) is 0 Å². The Bertz CT molecular complexity index is 752. The fourth-order valence-corrected chi connectivity index (χ4v) is 2.46. The van der Waals surface area contributed by atoms with Crippen molar-refractivity contribution in [1.29, 1.82) is 0 Å². The van der Waals surface area contributed by atoms with E-state index in [0.29, 0.717) is 12.2 Å². The summed E-state index contributed by atoms with van der Waals surface area (Å²) in [6.07, 6.45) is 0.345. The minimum absolute atomic E-state index is 0.203. The first-order chi connectivity index (χ1) is 9.36. The number of hydrogen-bond donors (Lipinski definition) is 2. The summed E-state index contributed by atoms with van der Waals surface area (Å²) in [5, 5.41) is 10.2. The number of H-pyrrole nitrogens is 1. The Morgan fingerprint density at radius 3 is 2.55 bits per heavy atom.